The monoisotopic (exact) mass is 582 g/mol. The molecule has 3 aromatic carbocycles. The minimum Gasteiger partial charge on any atom is -0.489 e. The Kier molecular flexibility index (Phi) is 8.36. The molecule has 1 aliphatic carbocycles. The molecule has 6 rings (SSSR count). The maximum atomic E-state index is 13.8. The molecule has 1 amide bonds. The summed E-state index contributed by atoms with van der Waals surface area (Å²) < 4.78 is 6.05. The summed E-state index contributed by atoms with van der Waals surface area (Å²) in [6, 6.07) is 22.3. The number of hydrogen-bond acceptors (Lipinski definition) is 5. The highest BCUT2D eigenvalue weighted by Gasteiger charge is 2.45. The first-order valence-electron chi connectivity index (χ1n) is 15.3. The lowest BCUT2D eigenvalue weighted by molar-refractivity contribution is -0.147. The summed E-state index contributed by atoms with van der Waals surface area (Å²) in [7, 11) is 0. The third-order valence-corrected chi connectivity index (χ3v) is 9.41. The molecule has 3 atom stereocenters. The van der Waals surface area contributed by atoms with Gasteiger partial charge in [-0.05, 0) is 72.6 Å². The Bertz CT molecular complexity index is 1470. The average molecular weight is 583 g/mol. The van der Waals surface area contributed by atoms with E-state index in [1.807, 2.05) is 53.4 Å². The Morgan fingerprint density at radius 2 is 1.58 bits per heavy atom. The van der Waals surface area contributed by atoms with Crippen molar-refractivity contribution in [3.05, 3.63) is 95.1 Å². The molecule has 3 aromatic rings. The van der Waals surface area contributed by atoms with Gasteiger partial charge in [0.15, 0.2) is 0 Å². The topological polar surface area (TPSA) is 107 Å². The average Bonchev–Trinajstić information content (AvgIpc) is 3.65. The Labute approximate surface area is 251 Å². The number of fused-ring (bicyclic) bond motifs is 1. The van der Waals surface area contributed by atoms with Crippen molar-refractivity contribution in [1.82, 2.24) is 4.90 Å². The minimum atomic E-state index is -1.02. The highest BCUT2D eigenvalue weighted by atomic mass is 16.5. The van der Waals surface area contributed by atoms with Gasteiger partial charge in [-0.15, -0.1) is 0 Å². The fourth-order valence-electron chi connectivity index (χ4n) is 7.36. The molecule has 2 fully saturated rings. The molecular weight excluding hydrogens is 544 g/mol. The number of carbonyl (C=O) groups excluding carboxylic acids is 1. The maximum Gasteiger partial charge on any atom is 0.335 e. The number of rotatable bonds is 9. The molecule has 43 heavy (non-hydrogen) atoms. The molecule has 2 heterocycles. The number of ether oxygens (including phenoxy) is 1. The molecule has 2 unspecified atom stereocenters. The predicted molar refractivity (Wildman–Crippen MR) is 162 cm³/mol. The van der Waals surface area contributed by atoms with Gasteiger partial charge in [0.2, 0.25) is 5.91 Å². The summed E-state index contributed by atoms with van der Waals surface area (Å²) in [4.78, 5) is 41.2. The second-order valence-corrected chi connectivity index (χ2v) is 12.0. The standard InChI is InChI=1S/C35H38N2O6/c38-31(36-19-7-12-29(36)35(41)42)21-37-30-20-26(34(39)40)15-18-28(30)32(24-10-5-2-6-11-24)33(37)25-13-16-27(17-14-25)43-22-23-8-3-1-4-9-23/h1,3-4,8-9,13-18,20,24,29,32-33H,2,5-7,10-12,19,21-22H2,(H,39,40)(H,41,42)/t29-,32?,33?/m0/s1. The number of nitrogens with zero attached hydrogens (tertiary/aromatic N) is 2. The first-order valence-corrected chi connectivity index (χ1v) is 15.3. The minimum absolute atomic E-state index is 0.0139. The molecule has 1 saturated heterocycles. The summed E-state index contributed by atoms with van der Waals surface area (Å²) in [5.41, 5.74) is 4.10. The van der Waals surface area contributed by atoms with Crippen molar-refractivity contribution in [2.45, 2.75) is 69.6 Å². The number of amides is 1. The van der Waals surface area contributed by atoms with Crippen LogP contribution in [0.15, 0.2) is 72.8 Å². The van der Waals surface area contributed by atoms with Gasteiger partial charge in [-0.2, -0.15) is 0 Å². The van der Waals surface area contributed by atoms with Gasteiger partial charge in [0, 0.05) is 18.2 Å². The smallest absolute Gasteiger partial charge is 0.335 e. The van der Waals surface area contributed by atoms with Crippen LogP contribution in [-0.2, 0) is 16.2 Å². The molecule has 0 aromatic heterocycles. The second kappa shape index (κ2) is 12.5. The van der Waals surface area contributed by atoms with E-state index in [1.54, 1.807) is 12.1 Å². The van der Waals surface area contributed by atoms with E-state index in [-0.39, 0.29) is 30.0 Å². The van der Waals surface area contributed by atoms with Crippen LogP contribution in [0.1, 0.15) is 84.0 Å². The number of aliphatic carboxylic acids is 1. The molecule has 2 N–H and O–H groups in total. The first kappa shape index (κ1) is 28.8. The number of hydrogen-bond donors (Lipinski definition) is 2. The lowest BCUT2D eigenvalue weighted by Gasteiger charge is -2.36. The van der Waals surface area contributed by atoms with Crippen molar-refractivity contribution < 1.29 is 29.3 Å². The molecule has 1 saturated carbocycles. The number of aromatic carboxylic acids is 1. The Hall–Kier alpha value is -4.33. The molecule has 0 bridgehead atoms. The zero-order valence-corrected chi connectivity index (χ0v) is 24.2. The second-order valence-electron chi connectivity index (χ2n) is 12.0. The first-order chi connectivity index (χ1) is 20.9. The van der Waals surface area contributed by atoms with E-state index in [9.17, 15) is 24.6 Å². The third-order valence-electron chi connectivity index (χ3n) is 9.41. The fraction of sp³-hybridized carbons (Fsp3) is 0.400. The van der Waals surface area contributed by atoms with Gasteiger partial charge in [-0.3, -0.25) is 4.79 Å². The lowest BCUT2D eigenvalue weighted by atomic mass is 9.73. The van der Waals surface area contributed by atoms with E-state index in [1.165, 1.54) is 11.3 Å². The van der Waals surface area contributed by atoms with Gasteiger partial charge < -0.3 is 24.7 Å². The number of carboxylic acids is 2. The molecule has 224 valence electrons. The van der Waals surface area contributed by atoms with Crippen molar-refractivity contribution in [2.24, 2.45) is 5.92 Å². The van der Waals surface area contributed by atoms with Gasteiger partial charge in [0.05, 0.1) is 18.2 Å². The molecule has 0 spiro atoms. The molecule has 8 nitrogen and oxygen atoms in total. The fourth-order valence-corrected chi connectivity index (χ4v) is 7.36. The zero-order valence-electron chi connectivity index (χ0n) is 24.2. The van der Waals surface area contributed by atoms with Crippen molar-refractivity contribution in [3.63, 3.8) is 0 Å². The van der Waals surface area contributed by atoms with E-state index in [4.69, 9.17) is 4.74 Å². The maximum absolute atomic E-state index is 13.8. The van der Waals surface area contributed by atoms with Crippen LogP contribution in [0.25, 0.3) is 0 Å². The number of carboxylic acid groups (broad SMARTS) is 2. The summed E-state index contributed by atoms with van der Waals surface area (Å²) >= 11 is 0. The Balaban J connectivity index is 1.36. The summed E-state index contributed by atoms with van der Waals surface area (Å²) in [5.74, 6) is -1.03. The van der Waals surface area contributed by atoms with Crippen molar-refractivity contribution in [1.29, 1.82) is 0 Å². The van der Waals surface area contributed by atoms with Gasteiger partial charge in [0.25, 0.3) is 0 Å². The van der Waals surface area contributed by atoms with Gasteiger partial charge in [-0.25, -0.2) is 9.59 Å². The highest BCUT2D eigenvalue weighted by Crippen LogP contribution is 2.55. The van der Waals surface area contributed by atoms with E-state index < -0.39 is 18.0 Å². The van der Waals surface area contributed by atoms with Crippen LogP contribution >= 0.6 is 0 Å². The molecule has 0 radical (unpaired) electrons. The van der Waals surface area contributed by atoms with E-state index >= 15 is 0 Å². The number of anilines is 1. The Morgan fingerprint density at radius 3 is 2.28 bits per heavy atom. The van der Waals surface area contributed by atoms with Gasteiger partial charge >= 0.3 is 11.9 Å². The summed E-state index contributed by atoms with van der Waals surface area (Å²) in [6.45, 7) is 0.856. The van der Waals surface area contributed by atoms with E-state index in [0.717, 1.165) is 53.8 Å². The van der Waals surface area contributed by atoms with Crippen molar-refractivity contribution in [2.75, 3.05) is 18.0 Å². The summed E-state index contributed by atoms with van der Waals surface area (Å²) in [6.07, 6.45) is 6.76. The van der Waals surface area contributed by atoms with Crippen molar-refractivity contribution >= 4 is 23.5 Å². The van der Waals surface area contributed by atoms with Crippen LogP contribution in [0, 0.1) is 5.92 Å². The van der Waals surface area contributed by atoms with Crippen LogP contribution < -0.4 is 9.64 Å². The third kappa shape index (κ3) is 5.96. The van der Waals surface area contributed by atoms with Crippen molar-refractivity contribution in [3.8, 4) is 5.75 Å². The highest BCUT2D eigenvalue weighted by molar-refractivity contribution is 5.91. The molecule has 3 aliphatic rings. The van der Waals surface area contributed by atoms with Crippen LogP contribution in [0.3, 0.4) is 0 Å². The quantitative estimate of drug-likeness (QED) is 0.306. The zero-order chi connectivity index (χ0) is 29.9. The van der Waals surface area contributed by atoms with E-state index in [2.05, 4.69) is 12.1 Å². The number of likely N-dealkylation sites (tertiary alicyclic amines) is 1. The lowest BCUT2D eigenvalue weighted by Crippen LogP contribution is -2.46. The molecule has 8 heteroatoms. The van der Waals surface area contributed by atoms with Crippen LogP contribution in [-0.4, -0.2) is 52.1 Å². The SMILES string of the molecule is O=C(O)c1ccc2c(c1)N(CC(=O)N1CCC[C@H]1C(=O)O)C(c1ccc(OCc3ccccc3)cc1)C2C1CCCCC1. The van der Waals surface area contributed by atoms with Gasteiger partial charge in [0.1, 0.15) is 18.4 Å². The van der Waals surface area contributed by atoms with E-state index in [0.29, 0.717) is 31.9 Å². The largest absolute Gasteiger partial charge is 0.489 e. The van der Waals surface area contributed by atoms with Gasteiger partial charge in [-0.1, -0.05) is 67.8 Å². The normalized spacial score (nSPS) is 21.9. The predicted octanol–water partition coefficient (Wildman–Crippen LogP) is 6.26. The molecular formula is C35H38N2O6. The number of benzene rings is 3. The van der Waals surface area contributed by atoms with Crippen LogP contribution in [0.2, 0.25) is 0 Å². The summed E-state index contributed by atoms with van der Waals surface area (Å²) in [5, 5.41) is 19.6. The molecule has 2 aliphatic heterocycles. The van der Waals surface area contributed by atoms with Crippen LogP contribution in [0.4, 0.5) is 5.69 Å². The number of carbonyl (C=O) groups is 3. The van der Waals surface area contributed by atoms with Crippen LogP contribution in [0.5, 0.6) is 5.75 Å². The Morgan fingerprint density at radius 1 is 0.837 bits per heavy atom.